The molecule has 1 aromatic heterocycles. The molecule has 0 fully saturated rings. The quantitative estimate of drug-likeness (QED) is 0.688. The molecule has 4 heteroatoms. The van der Waals surface area contributed by atoms with Crippen molar-refractivity contribution in [3.8, 4) is 5.75 Å². The maximum absolute atomic E-state index is 5.48. The maximum Gasteiger partial charge on any atom is 0.119 e. The van der Waals surface area contributed by atoms with Crippen molar-refractivity contribution in [3.63, 3.8) is 0 Å². The fraction of sp³-hybridized carbons (Fsp3) is 0.118. The maximum atomic E-state index is 5.48. The normalized spacial score (nSPS) is 11.8. The van der Waals surface area contributed by atoms with E-state index in [0.29, 0.717) is 6.61 Å². The zero-order valence-corrected chi connectivity index (χ0v) is 13.2. The van der Waals surface area contributed by atoms with Crippen molar-refractivity contribution in [1.82, 2.24) is 9.55 Å². The van der Waals surface area contributed by atoms with Gasteiger partial charge in [0, 0.05) is 4.99 Å². The first-order chi connectivity index (χ1) is 10.3. The number of imidazole rings is 1. The van der Waals surface area contributed by atoms with E-state index in [1.807, 2.05) is 60.7 Å². The summed E-state index contributed by atoms with van der Waals surface area (Å²) in [6.45, 7) is 2.65. The van der Waals surface area contributed by atoms with Crippen LogP contribution in [-0.2, 0) is 0 Å². The highest BCUT2D eigenvalue weighted by Gasteiger charge is 2.08. The summed E-state index contributed by atoms with van der Waals surface area (Å²) in [6, 6.07) is 16.1. The molecule has 0 N–H and O–H groups in total. The zero-order valence-electron chi connectivity index (χ0n) is 11.7. The first-order valence-electron chi connectivity index (χ1n) is 6.79. The Labute approximate surface area is 132 Å². The lowest BCUT2D eigenvalue weighted by Gasteiger charge is -2.10. The smallest absolute Gasteiger partial charge is 0.119 e. The SMILES string of the molecule is CCOc1ccc(C(=CBr)n2cnc3ccccc32)cc1. The van der Waals surface area contributed by atoms with Crippen LogP contribution in [-0.4, -0.2) is 16.2 Å². The fourth-order valence-corrected chi connectivity index (χ4v) is 2.78. The molecule has 0 atom stereocenters. The summed E-state index contributed by atoms with van der Waals surface area (Å²) in [5.41, 5.74) is 4.19. The number of rotatable bonds is 4. The van der Waals surface area contributed by atoms with Crippen molar-refractivity contribution in [1.29, 1.82) is 0 Å². The summed E-state index contributed by atoms with van der Waals surface area (Å²) >= 11 is 3.47. The Bertz CT molecular complexity index is 775. The van der Waals surface area contributed by atoms with Crippen LogP contribution in [0.3, 0.4) is 0 Å². The third-order valence-corrected chi connectivity index (χ3v) is 3.71. The molecule has 0 bridgehead atoms. The summed E-state index contributed by atoms with van der Waals surface area (Å²) in [5.74, 6) is 0.880. The van der Waals surface area contributed by atoms with Gasteiger partial charge in [0.25, 0.3) is 0 Å². The van der Waals surface area contributed by atoms with E-state index in [2.05, 4.69) is 31.5 Å². The third-order valence-electron chi connectivity index (χ3n) is 3.28. The zero-order chi connectivity index (χ0) is 14.7. The largest absolute Gasteiger partial charge is 0.494 e. The monoisotopic (exact) mass is 342 g/mol. The minimum atomic E-state index is 0.673. The van der Waals surface area contributed by atoms with Gasteiger partial charge in [-0.15, -0.1) is 0 Å². The van der Waals surface area contributed by atoms with E-state index < -0.39 is 0 Å². The predicted molar refractivity (Wildman–Crippen MR) is 89.6 cm³/mol. The Kier molecular flexibility index (Phi) is 4.06. The number of nitrogens with zero attached hydrogens (tertiary/aromatic N) is 2. The molecule has 0 amide bonds. The van der Waals surface area contributed by atoms with Crippen LogP contribution >= 0.6 is 15.9 Å². The molecule has 3 rings (SSSR count). The van der Waals surface area contributed by atoms with Crippen molar-refractivity contribution in [3.05, 3.63) is 65.4 Å². The number of benzene rings is 2. The van der Waals surface area contributed by atoms with Crippen LogP contribution in [0.25, 0.3) is 16.7 Å². The molecule has 0 aliphatic rings. The summed E-state index contributed by atoms with van der Waals surface area (Å²) in [5, 5.41) is 0. The van der Waals surface area contributed by atoms with E-state index in [0.717, 1.165) is 28.0 Å². The van der Waals surface area contributed by atoms with Gasteiger partial charge in [-0.05, 0) is 48.9 Å². The predicted octanol–water partition coefficient (Wildman–Crippen LogP) is 4.68. The van der Waals surface area contributed by atoms with Crippen LogP contribution in [0.15, 0.2) is 59.8 Å². The Hall–Kier alpha value is -2.07. The molecule has 0 saturated carbocycles. The van der Waals surface area contributed by atoms with Crippen LogP contribution in [0.2, 0.25) is 0 Å². The molecule has 106 valence electrons. The van der Waals surface area contributed by atoms with Crippen molar-refractivity contribution in [2.24, 2.45) is 0 Å². The van der Waals surface area contributed by atoms with Gasteiger partial charge in [0.2, 0.25) is 0 Å². The Morgan fingerprint density at radius 2 is 1.95 bits per heavy atom. The second kappa shape index (κ2) is 6.14. The first kappa shape index (κ1) is 13.9. The molecule has 21 heavy (non-hydrogen) atoms. The summed E-state index contributed by atoms with van der Waals surface area (Å²) in [4.78, 5) is 6.35. The second-order valence-electron chi connectivity index (χ2n) is 4.56. The minimum absolute atomic E-state index is 0.673. The Morgan fingerprint density at radius 3 is 2.67 bits per heavy atom. The van der Waals surface area contributed by atoms with Crippen molar-refractivity contribution in [2.75, 3.05) is 6.61 Å². The van der Waals surface area contributed by atoms with E-state index in [4.69, 9.17) is 4.74 Å². The number of hydrogen-bond acceptors (Lipinski definition) is 2. The molecular weight excluding hydrogens is 328 g/mol. The molecular formula is C17H15BrN2O. The highest BCUT2D eigenvalue weighted by atomic mass is 79.9. The van der Waals surface area contributed by atoms with E-state index in [1.54, 1.807) is 0 Å². The summed E-state index contributed by atoms with van der Waals surface area (Å²) in [7, 11) is 0. The lowest BCUT2D eigenvalue weighted by atomic mass is 10.1. The number of hydrogen-bond donors (Lipinski definition) is 0. The van der Waals surface area contributed by atoms with Gasteiger partial charge in [-0.2, -0.15) is 0 Å². The number of aromatic nitrogens is 2. The van der Waals surface area contributed by atoms with Crippen molar-refractivity contribution in [2.45, 2.75) is 6.92 Å². The molecule has 3 nitrogen and oxygen atoms in total. The molecule has 0 radical (unpaired) electrons. The van der Waals surface area contributed by atoms with Crippen LogP contribution in [0.5, 0.6) is 5.75 Å². The average Bonchev–Trinajstić information content (AvgIpc) is 2.94. The standard InChI is InChI=1S/C17H15BrN2O/c1-2-21-14-9-7-13(8-10-14)17(11-18)20-12-19-15-5-3-4-6-16(15)20/h3-12H,2H2,1H3. The average molecular weight is 343 g/mol. The third kappa shape index (κ3) is 2.72. The second-order valence-corrected chi connectivity index (χ2v) is 5.01. The van der Waals surface area contributed by atoms with Gasteiger partial charge in [0.15, 0.2) is 0 Å². The van der Waals surface area contributed by atoms with E-state index in [-0.39, 0.29) is 0 Å². The van der Waals surface area contributed by atoms with Gasteiger partial charge < -0.3 is 4.74 Å². The fourth-order valence-electron chi connectivity index (χ4n) is 2.29. The molecule has 0 unspecified atom stereocenters. The topological polar surface area (TPSA) is 27.1 Å². The van der Waals surface area contributed by atoms with Gasteiger partial charge in [0.1, 0.15) is 12.1 Å². The molecule has 3 aromatic rings. The number of halogens is 1. The van der Waals surface area contributed by atoms with Crippen LogP contribution in [0.1, 0.15) is 12.5 Å². The summed E-state index contributed by atoms with van der Waals surface area (Å²) in [6.07, 6.45) is 1.84. The highest BCUT2D eigenvalue weighted by molar-refractivity contribution is 9.11. The van der Waals surface area contributed by atoms with E-state index >= 15 is 0 Å². The highest BCUT2D eigenvalue weighted by Crippen LogP contribution is 2.25. The van der Waals surface area contributed by atoms with Gasteiger partial charge >= 0.3 is 0 Å². The Balaban J connectivity index is 2.02. The number of fused-ring (bicyclic) bond motifs is 1. The van der Waals surface area contributed by atoms with Crippen LogP contribution < -0.4 is 4.74 Å². The van der Waals surface area contributed by atoms with Crippen LogP contribution in [0, 0.1) is 0 Å². The number of para-hydroxylation sites is 2. The minimum Gasteiger partial charge on any atom is -0.494 e. The molecule has 0 aliphatic carbocycles. The molecule has 1 heterocycles. The van der Waals surface area contributed by atoms with E-state index in [1.165, 1.54) is 0 Å². The molecule has 0 aliphatic heterocycles. The lowest BCUT2D eigenvalue weighted by molar-refractivity contribution is 0.340. The molecule has 2 aromatic carbocycles. The molecule has 0 saturated heterocycles. The first-order valence-corrected chi connectivity index (χ1v) is 7.71. The van der Waals surface area contributed by atoms with Crippen molar-refractivity contribution < 1.29 is 4.74 Å². The van der Waals surface area contributed by atoms with E-state index in [9.17, 15) is 0 Å². The van der Waals surface area contributed by atoms with Gasteiger partial charge in [-0.1, -0.05) is 28.1 Å². The summed E-state index contributed by atoms with van der Waals surface area (Å²) < 4.78 is 7.55. The van der Waals surface area contributed by atoms with Gasteiger partial charge in [0.05, 0.1) is 23.3 Å². The Morgan fingerprint density at radius 1 is 1.19 bits per heavy atom. The van der Waals surface area contributed by atoms with Crippen LogP contribution in [0.4, 0.5) is 0 Å². The van der Waals surface area contributed by atoms with Gasteiger partial charge in [-0.3, -0.25) is 4.57 Å². The lowest BCUT2D eigenvalue weighted by Crippen LogP contribution is -1.97. The molecule has 0 spiro atoms. The van der Waals surface area contributed by atoms with Crippen molar-refractivity contribution >= 4 is 32.7 Å². The number of ether oxygens (including phenoxy) is 1. The van der Waals surface area contributed by atoms with Gasteiger partial charge in [-0.25, -0.2) is 4.98 Å².